The number of piperidine rings is 2. The molecule has 0 spiro atoms. The van der Waals surface area contributed by atoms with Crippen molar-refractivity contribution in [3.05, 3.63) is 66.4 Å². The van der Waals surface area contributed by atoms with Crippen molar-refractivity contribution >= 4 is 63.6 Å². The van der Waals surface area contributed by atoms with E-state index in [9.17, 15) is 32.7 Å². The van der Waals surface area contributed by atoms with E-state index in [1.807, 2.05) is 6.07 Å². The highest BCUT2D eigenvalue weighted by atomic mass is 32.1. The van der Waals surface area contributed by atoms with Gasteiger partial charge in [0.05, 0.1) is 36.6 Å². The molecule has 3 amide bonds. The van der Waals surface area contributed by atoms with Crippen molar-refractivity contribution in [2.24, 2.45) is 5.92 Å². The van der Waals surface area contributed by atoms with Gasteiger partial charge in [-0.05, 0) is 113 Å². The number of nitrogen functional groups attached to an aromatic ring is 1. The Hall–Kier alpha value is -5.00. The third kappa shape index (κ3) is 8.47. The van der Waals surface area contributed by atoms with Gasteiger partial charge >= 0.3 is 6.18 Å². The minimum atomic E-state index is -4.76. The van der Waals surface area contributed by atoms with Gasteiger partial charge in [0.25, 0.3) is 5.91 Å². The Morgan fingerprint density at radius 3 is 2.45 bits per heavy atom. The second-order valence-corrected chi connectivity index (χ2v) is 14.3. The lowest BCUT2D eigenvalue weighted by Gasteiger charge is -2.31. The number of likely N-dealkylation sites (tertiary alicyclic amines) is 1. The number of rotatable bonds is 10. The van der Waals surface area contributed by atoms with Crippen molar-refractivity contribution in [2.75, 3.05) is 52.4 Å². The van der Waals surface area contributed by atoms with Crippen LogP contribution < -0.4 is 36.2 Å². The number of alkyl halides is 3. The third-order valence-corrected chi connectivity index (χ3v) is 10.0. The summed E-state index contributed by atoms with van der Waals surface area (Å²) in [6, 6.07) is 14.7. The lowest BCUT2D eigenvalue weighted by atomic mass is 9.98. The number of hydrogen-bond acceptors (Lipinski definition) is 10. The van der Waals surface area contributed by atoms with E-state index >= 15 is 0 Å². The van der Waals surface area contributed by atoms with Crippen molar-refractivity contribution in [2.45, 2.75) is 63.5 Å². The summed E-state index contributed by atoms with van der Waals surface area (Å²) in [5.41, 5.74) is 4.89. The van der Waals surface area contributed by atoms with Crippen LogP contribution in [0.3, 0.4) is 0 Å². The molecule has 0 bridgehead atoms. The van der Waals surface area contributed by atoms with E-state index in [1.54, 1.807) is 61.2 Å². The van der Waals surface area contributed by atoms with Crippen LogP contribution in [0.2, 0.25) is 0 Å². The maximum atomic E-state index is 13.5. The Labute approximate surface area is 309 Å². The predicted molar refractivity (Wildman–Crippen MR) is 197 cm³/mol. The molecule has 1 aromatic heterocycles. The summed E-state index contributed by atoms with van der Waals surface area (Å²) in [5.74, 6) is -0.632. The number of aliphatic hydroxyl groups excluding tert-OH is 1. The molecular formula is C36H41F3N8O5S. The Balaban J connectivity index is 0.973. The largest absolute Gasteiger partial charge is 0.493 e. The van der Waals surface area contributed by atoms with Crippen molar-refractivity contribution < 1.29 is 37.4 Å². The highest BCUT2D eigenvalue weighted by Crippen LogP contribution is 2.40. The summed E-state index contributed by atoms with van der Waals surface area (Å²) in [7, 11) is 0. The lowest BCUT2D eigenvalue weighted by molar-refractivity contribution is -0.137. The number of nitrogens with one attached hydrogen (secondary N) is 3. The SMILES string of the molecule is CC1(C)C(=O)N(c2cnc(N)c(C(F)(F)F)c2)C(=S)N1c1ccc(OCC2CCN(CC(=O)Nc3cccc(NC4CCC(=O)NC4O)c3)CC2)cc1. The van der Waals surface area contributed by atoms with Crippen LogP contribution in [0.4, 0.5) is 41.7 Å². The number of halogens is 3. The molecule has 2 unspecified atom stereocenters. The number of anilines is 5. The summed E-state index contributed by atoms with van der Waals surface area (Å²) < 4.78 is 46.7. The van der Waals surface area contributed by atoms with E-state index in [-0.39, 0.29) is 41.1 Å². The van der Waals surface area contributed by atoms with Crippen LogP contribution in [0.1, 0.15) is 45.1 Å². The molecule has 0 radical (unpaired) electrons. The summed E-state index contributed by atoms with van der Waals surface area (Å²) in [6.45, 7) is 5.46. The first kappa shape index (κ1) is 37.7. The molecule has 2 aromatic carbocycles. The van der Waals surface area contributed by atoms with Gasteiger partial charge in [-0.3, -0.25) is 24.2 Å². The highest BCUT2D eigenvalue weighted by Gasteiger charge is 2.51. The van der Waals surface area contributed by atoms with Gasteiger partial charge in [-0.1, -0.05) is 6.07 Å². The number of hydrogen-bond donors (Lipinski definition) is 5. The van der Waals surface area contributed by atoms with Gasteiger partial charge in [0, 0.05) is 23.5 Å². The topological polar surface area (TPSA) is 165 Å². The Kier molecular flexibility index (Phi) is 10.8. The Morgan fingerprint density at radius 2 is 1.77 bits per heavy atom. The molecule has 0 saturated carbocycles. The molecule has 6 rings (SSSR count). The minimum Gasteiger partial charge on any atom is -0.493 e. The zero-order valence-electron chi connectivity index (χ0n) is 29.2. The molecular weight excluding hydrogens is 714 g/mol. The van der Waals surface area contributed by atoms with Gasteiger partial charge in [-0.25, -0.2) is 4.98 Å². The molecule has 6 N–H and O–H groups in total. The Bertz CT molecular complexity index is 1870. The van der Waals surface area contributed by atoms with Crippen LogP contribution in [0, 0.1) is 5.92 Å². The number of carbonyl (C=O) groups is 3. The molecule has 3 fully saturated rings. The number of thiocarbonyl (C=S) groups is 1. The normalized spacial score (nSPS) is 21.1. The summed E-state index contributed by atoms with van der Waals surface area (Å²) >= 11 is 5.61. The van der Waals surface area contributed by atoms with Crippen molar-refractivity contribution in [3.63, 3.8) is 0 Å². The number of aliphatic hydroxyl groups is 1. The molecule has 282 valence electrons. The standard InChI is InChI=1S/C36H41F3N8O5S/c1-35(2)33(51)46(25-17-27(36(37,38)39)31(40)41-18-25)34(53)47(35)24-6-8-26(9-7-24)52-20-21-12-14-45(15-13-21)19-30(49)43-23-5-3-4-22(16-23)42-28-10-11-29(48)44-32(28)50/h3-9,16-18,21,28,32,42,50H,10-15,19-20H2,1-2H3,(H2,40,41)(H,43,49)(H,44,48). The van der Waals surface area contributed by atoms with Gasteiger partial charge < -0.3 is 36.4 Å². The van der Waals surface area contributed by atoms with Gasteiger partial charge in [-0.15, -0.1) is 0 Å². The first-order valence-corrected chi connectivity index (χ1v) is 17.6. The molecule has 3 aromatic rings. The number of aromatic nitrogens is 1. The molecule has 0 aliphatic carbocycles. The zero-order valence-corrected chi connectivity index (χ0v) is 30.0. The van der Waals surface area contributed by atoms with Crippen LogP contribution in [0.5, 0.6) is 5.75 Å². The molecule has 13 nitrogen and oxygen atoms in total. The summed E-state index contributed by atoms with van der Waals surface area (Å²) in [6.07, 6.45) is -2.13. The van der Waals surface area contributed by atoms with E-state index in [2.05, 4.69) is 25.8 Å². The van der Waals surface area contributed by atoms with Crippen LogP contribution >= 0.6 is 12.2 Å². The molecule has 53 heavy (non-hydrogen) atoms. The van der Waals surface area contributed by atoms with Gasteiger partial charge in [0.2, 0.25) is 11.8 Å². The lowest BCUT2D eigenvalue weighted by Crippen LogP contribution is -2.51. The molecule has 4 heterocycles. The number of nitrogens with zero attached hydrogens (tertiary/aromatic N) is 4. The number of ether oxygens (including phenoxy) is 1. The van der Waals surface area contributed by atoms with Crippen molar-refractivity contribution in [3.8, 4) is 5.75 Å². The number of amides is 3. The monoisotopic (exact) mass is 754 g/mol. The van der Waals surface area contributed by atoms with Gasteiger partial charge in [0.1, 0.15) is 23.3 Å². The van der Waals surface area contributed by atoms with E-state index in [4.69, 9.17) is 22.7 Å². The summed E-state index contributed by atoms with van der Waals surface area (Å²) in [4.78, 5) is 46.2. The van der Waals surface area contributed by atoms with E-state index in [1.165, 1.54) is 0 Å². The van der Waals surface area contributed by atoms with Crippen molar-refractivity contribution in [1.82, 2.24) is 15.2 Å². The average molecular weight is 755 g/mol. The quantitative estimate of drug-likeness (QED) is 0.187. The predicted octanol–water partition coefficient (Wildman–Crippen LogP) is 4.34. The van der Waals surface area contributed by atoms with Crippen LogP contribution in [0.15, 0.2) is 60.8 Å². The zero-order chi connectivity index (χ0) is 38.1. The maximum Gasteiger partial charge on any atom is 0.420 e. The second-order valence-electron chi connectivity index (χ2n) is 13.9. The van der Waals surface area contributed by atoms with E-state index < -0.39 is 35.2 Å². The number of carbonyl (C=O) groups excluding carboxylic acids is 3. The summed E-state index contributed by atoms with van der Waals surface area (Å²) in [5, 5.41) is 18.8. The Morgan fingerprint density at radius 1 is 1.08 bits per heavy atom. The first-order valence-electron chi connectivity index (χ1n) is 17.2. The van der Waals surface area contributed by atoms with Crippen LogP contribution in [-0.4, -0.2) is 81.9 Å². The average Bonchev–Trinajstić information content (AvgIpc) is 3.28. The molecule has 2 atom stereocenters. The smallest absolute Gasteiger partial charge is 0.420 e. The molecule has 3 aliphatic heterocycles. The third-order valence-electron chi connectivity index (χ3n) is 9.66. The van der Waals surface area contributed by atoms with Gasteiger partial charge in [-0.2, -0.15) is 13.2 Å². The van der Waals surface area contributed by atoms with E-state index in [0.717, 1.165) is 48.8 Å². The van der Waals surface area contributed by atoms with E-state index in [0.29, 0.717) is 36.6 Å². The minimum absolute atomic E-state index is 0.00663. The van der Waals surface area contributed by atoms with Crippen molar-refractivity contribution in [1.29, 1.82) is 0 Å². The molecule has 3 aliphatic rings. The fourth-order valence-electron chi connectivity index (χ4n) is 6.72. The first-order chi connectivity index (χ1) is 25.1. The molecule has 3 saturated heterocycles. The number of pyridine rings is 1. The van der Waals surface area contributed by atoms with Crippen LogP contribution in [0.25, 0.3) is 0 Å². The fourth-order valence-corrected chi connectivity index (χ4v) is 7.25. The second kappa shape index (κ2) is 15.2. The number of benzene rings is 2. The van der Waals surface area contributed by atoms with Gasteiger partial charge in [0.15, 0.2) is 5.11 Å². The fraction of sp³-hybridized carbons (Fsp3) is 0.417. The maximum absolute atomic E-state index is 13.5. The molecule has 17 heteroatoms. The number of nitrogens with two attached hydrogens (primary N) is 1. The van der Waals surface area contributed by atoms with Crippen LogP contribution in [-0.2, 0) is 20.6 Å². The highest BCUT2D eigenvalue weighted by molar-refractivity contribution is 7.81.